The van der Waals surface area contributed by atoms with Crippen LogP contribution < -0.4 is 14.8 Å². The van der Waals surface area contributed by atoms with Crippen LogP contribution in [0.2, 0.25) is 0 Å². The lowest BCUT2D eigenvalue weighted by atomic mass is 10.3. The Morgan fingerprint density at radius 3 is 2.95 bits per heavy atom. The molecule has 0 bridgehead atoms. The number of carbonyl (C=O) groups is 1. The van der Waals surface area contributed by atoms with E-state index in [1.807, 2.05) is 18.2 Å². The normalized spacial score (nSPS) is 10.2. The van der Waals surface area contributed by atoms with E-state index in [2.05, 4.69) is 15.5 Å². The molecule has 0 spiro atoms. The first-order valence-corrected chi connectivity index (χ1v) is 6.43. The number of nitrogens with one attached hydrogen (secondary N) is 2. The Balaban J connectivity index is 1.91. The summed E-state index contributed by atoms with van der Waals surface area (Å²) in [5.41, 5.74) is 0.930. The fourth-order valence-electron chi connectivity index (χ4n) is 1.66. The number of carbonyl (C=O) groups excluding carboxylic acids is 1. The summed E-state index contributed by atoms with van der Waals surface area (Å²) in [5.74, 6) is 1.03. The molecule has 7 heteroatoms. The van der Waals surface area contributed by atoms with Crippen molar-refractivity contribution in [2.45, 2.75) is 6.61 Å². The Morgan fingerprint density at radius 2 is 2.19 bits per heavy atom. The molecular weight excluding hydrogens is 274 g/mol. The Hall–Kier alpha value is -2.54. The van der Waals surface area contributed by atoms with Gasteiger partial charge >= 0.3 is 0 Å². The van der Waals surface area contributed by atoms with Crippen molar-refractivity contribution in [1.29, 1.82) is 0 Å². The number of aliphatic hydroxyl groups excluding tert-OH is 1. The highest BCUT2D eigenvalue weighted by Crippen LogP contribution is 2.19. The van der Waals surface area contributed by atoms with Gasteiger partial charge in [-0.2, -0.15) is 5.10 Å². The average Bonchev–Trinajstić information content (AvgIpc) is 3.00. The summed E-state index contributed by atoms with van der Waals surface area (Å²) in [7, 11) is 1.59. The number of rotatable bonds is 7. The number of H-pyrrole nitrogens is 1. The summed E-state index contributed by atoms with van der Waals surface area (Å²) in [6, 6.07) is 8.84. The number of aromatic nitrogens is 2. The van der Waals surface area contributed by atoms with Gasteiger partial charge in [0.05, 0.1) is 19.4 Å². The first-order valence-electron chi connectivity index (χ1n) is 6.43. The van der Waals surface area contributed by atoms with Crippen LogP contribution >= 0.6 is 0 Å². The Labute approximate surface area is 121 Å². The van der Waals surface area contributed by atoms with Crippen LogP contribution in [0.15, 0.2) is 30.3 Å². The van der Waals surface area contributed by atoms with E-state index in [1.54, 1.807) is 19.2 Å². The van der Waals surface area contributed by atoms with E-state index < -0.39 is 0 Å². The zero-order valence-corrected chi connectivity index (χ0v) is 11.6. The monoisotopic (exact) mass is 291 g/mol. The largest absolute Gasteiger partial charge is 0.497 e. The number of amides is 1. The average molecular weight is 291 g/mol. The molecule has 0 saturated heterocycles. The topological polar surface area (TPSA) is 96.5 Å². The van der Waals surface area contributed by atoms with Gasteiger partial charge in [-0.15, -0.1) is 0 Å². The van der Waals surface area contributed by atoms with Crippen LogP contribution in [0.5, 0.6) is 11.5 Å². The minimum atomic E-state index is -0.340. The number of nitrogens with zero attached hydrogens (tertiary/aromatic N) is 1. The van der Waals surface area contributed by atoms with Crippen molar-refractivity contribution >= 4 is 5.91 Å². The van der Waals surface area contributed by atoms with Crippen molar-refractivity contribution < 1.29 is 19.4 Å². The van der Waals surface area contributed by atoms with Gasteiger partial charge in [0.15, 0.2) is 0 Å². The lowest BCUT2D eigenvalue weighted by Crippen LogP contribution is -2.26. The molecule has 7 nitrogen and oxygen atoms in total. The molecule has 1 aromatic heterocycles. The molecule has 2 aromatic rings. The minimum absolute atomic E-state index is 0.109. The number of ether oxygens (including phenoxy) is 2. The number of hydrogen-bond acceptors (Lipinski definition) is 5. The molecule has 0 radical (unpaired) electrons. The van der Waals surface area contributed by atoms with Crippen LogP contribution in [0, 0.1) is 0 Å². The number of hydrogen-bond donors (Lipinski definition) is 3. The van der Waals surface area contributed by atoms with Crippen LogP contribution in [-0.4, -0.2) is 41.5 Å². The molecule has 0 fully saturated rings. The van der Waals surface area contributed by atoms with Crippen LogP contribution in [0.25, 0.3) is 0 Å². The van der Waals surface area contributed by atoms with E-state index in [-0.39, 0.29) is 31.4 Å². The zero-order chi connectivity index (χ0) is 15.1. The van der Waals surface area contributed by atoms with Gasteiger partial charge in [-0.1, -0.05) is 6.07 Å². The molecule has 1 amide bonds. The Kier molecular flexibility index (Phi) is 5.16. The van der Waals surface area contributed by atoms with E-state index in [9.17, 15) is 4.79 Å². The van der Waals surface area contributed by atoms with E-state index in [1.165, 1.54) is 0 Å². The van der Waals surface area contributed by atoms with Gasteiger partial charge in [-0.3, -0.25) is 9.89 Å². The Bertz CT molecular complexity index is 597. The molecule has 0 atom stereocenters. The third kappa shape index (κ3) is 4.22. The standard InChI is InChI=1S/C14H17N3O4/c1-20-11-3-2-4-12(8-11)21-9-10-7-13(17-16-10)14(19)15-5-6-18/h2-4,7-8,18H,5-6,9H2,1H3,(H,15,19)(H,16,17). The number of aromatic amines is 1. The molecule has 1 aromatic carbocycles. The fourth-order valence-corrected chi connectivity index (χ4v) is 1.66. The number of benzene rings is 1. The van der Waals surface area contributed by atoms with Crippen molar-refractivity contribution in [3.8, 4) is 11.5 Å². The van der Waals surface area contributed by atoms with Crippen LogP contribution in [0.1, 0.15) is 16.2 Å². The van der Waals surface area contributed by atoms with E-state index >= 15 is 0 Å². The SMILES string of the molecule is COc1cccc(OCc2cc(C(=O)NCCO)n[nH]2)c1. The Morgan fingerprint density at radius 1 is 1.38 bits per heavy atom. The second-order valence-electron chi connectivity index (χ2n) is 4.23. The van der Waals surface area contributed by atoms with Crippen molar-refractivity contribution in [2.24, 2.45) is 0 Å². The van der Waals surface area contributed by atoms with E-state index in [0.717, 1.165) is 0 Å². The summed E-state index contributed by atoms with van der Waals surface area (Å²) in [4.78, 5) is 11.6. The minimum Gasteiger partial charge on any atom is -0.497 e. The van der Waals surface area contributed by atoms with Crippen LogP contribution in [0.4, 0.5) is 0 Å². The first-order chi connectivity index (χ1) is 10.2. The van der Waals surface area contributed by atoms with Crippen molar-refractivity contribution in [1.82, 2.24) is 15.5 Å². The summed E-state index contributed by atoms with van der Waals surface area (Å²) >= 11 is 0. The fraction of sp³-hybridized carbons (Fsp3) is 0.286. The number of methoxy groups -OCH3 is 1. The third-order valence-electron chi connectivity index (χ3n) is 2.70. The summed E-state index contributed by atoms with van der Waals surface area (Å²) in [5, 5.41) is 17.8. The number of aliphatic hydroxyl groups is 1. The van der Waals surface area contributed by atoms with E-state index in [4.69, 9.17) is 14.6 Å². The predicted octanol–water partition coefficient (Wildman–Crippen LogP) is 0.719. The first kappa shape index (κ1) is 14.9. The second kappa shape index (κ2) is 7.30. The maximum absolute atomic E-state index is 11.6. The summed E-state index contributed by atoms with van der Waals surface area (Å²) in [6.45, 7) is 0.344. The quantitative estimate of drug-likeness (QED) is 0.698. The third-order valence-corrected chi connectivity index (χ3v) is 2.70. The smallest absolute Gasteiger partial charge is 0.271 e. The lowest BCUT2D eigenvalue weighted by molar-refractivity contribution is 0.0939. The van der Waals surface area contributed by atoms with Gasteiger partial charge in [0.25, 0.3) is 5.91 Å². The molecule has 2 rings (SSSR count). The van der Waals surface area contributed by atoms with Gasteiger partial charge in [0.1, 0.15) is 23.8 Å². The van der Waals surface area contributed by atoms with Gasteiger partial charge in [-0.25, -0.2) is 0 Å². The molecule has 0 aliphatic carbocycles. The molecule has 3 N–H and O–H groups in total. The van der Waals surface area contributed by atoms with Crippen molar-refractivity contribution in [2.75, 3.05) is 20.3 Å². The summed E-state index contributed by atoms with van der Waals surface area (Å²) in [6.07, 6.45) is 0. The van der Waals surface area contributed by atoms with Crippen LogP contribution in [-0.2, 0) is 6.61 Å². The van der Waals surface area contributed by atoms with Crippen molar-refractivity contribution in [3.63, 3.8) is 0 Å². The molecule has 0 aliphatic heterocycles. The molecule has 1 heterocycles. The summed E-state index contributed by atoms with van der Waals surface area (Å²) < 4.78 is 10.7. The van der Waals surface area contributed by atoms with Gasteiger partial charge in [0.2, 0.25) is 0 Å². The van der Waals surface area contributed by atoms with Crippen molar-refractivity contribution in [3.05, 3.63) is 41.7 Å². The molecule has 112 valence electrons. The van der Waals surface area contributed by atoms with Gasteiger partial charge in [0, 0.05) is 12.6 Å². The predicted molar refractivity (Wildman–Crippen MR) is 75.3 cm³/mol. The van der Waals surface area contributed by atoms with Crippen LogP contribution in [0.3, 0.4) is 0 Å². The highest BCUT2D eigenvalue weighted by Gasteiger charge is 2.10. The van der Waals surface area contributed by atoms with E-state index in [0.29, 0.717) is 17.2 Å². The van der Waals surface area contributed by atoms with Gasteiger partial charge in [-0.05, 0) is 18.2 Å². The highest BCUT2D eigenvalue weighted by atomic mass is 16.5. The lowest BCUT2D eigenvalue weighted by Gasteiger charge is -2.06. The highest BCUT2D eigenvalue weighted by molar-refractivity contribution is 5.92. The second-order valence-corrected chi connectivity index (χ2v) is 4.23. The maximum atomic E-state index is 11.6. The molecular formula is C14H17N3O4. The molecule has 21 heavy (non-hydrogen) atoms. The zero-order valence-electron chi connectivity index (χ0n) is 11.6. The molecule has 0 saturated carbocycles. The molecule has 0 aliphatic rings. The molecule has 0 unspecified atom stereocenters. The van der Waals surface area contributed by atoms with Gasteiger partial charge < -0.3 is 19.9 Å². The maximum Gasteiger partial charge on any atom is 0.271 e.